The molecule has 11 nitrogen and oxygen atoms in total. The summed E-state index contributed by atoms with van der Waals surface area (Å²) in [4.78, 5) is 37.8. The minimum Gasteiger partial charge on any atom is -0.493 e. The Balaban J connectivity index is 1.74. The van der Waals surface area contributed by atoms with Crippen molar-refractivity contribution in [2.45, 2.75) is 38.3 Å². The maximum absolute atomic E-state index is 13.3. The Hall–Kier alpha value is -3.80. The summed E-state index contributed by atoms with van der Waals surface area (Å²) < 4.78 is 40.3. The number of hydrogen-bond acceptors (Lipinski definition) is 9. The Bertz CT molecular complexity index is 1460. The number of benzene rings is 1. The van der Waals surface area contributed by atoms with Gasteiger partial charge in [0.15, 0.2) is 21.3 Å². The number of carbonyl (C=O) groups is 2. The van der Waals surface area contributed by atoms with Crippen LogP contribution in [0.4, 0.5) is 5.69 Å². The number of rotatable bonds is 8. The van der Waals surface area contributed by atoms with E-state index in [-0.39, 0.29) is 35.1 Å². The Labute approximate surface area is 227 Å². The van der Waals surface area contributed by atoms with E-state index in [9.17, 15) is 22.8 Å². The van der Waals surface area contributed by atoms with E-state index in [0.29, 0.717) is 47.6 Å². The quantitative estimate of drug-likeness (QED) is 0.438. The number of amides is 2. The van der Waals surface area contributed by atoms with E-state index in [1.54, 1.807) is 12.1 Å². The lowest BCUT2D eigenvalue weighted by molar-refractivity contribution is -0.120. The number of nitrogens with one attached hydrogen (secondary N) is 3. The number of methoxy groups -OCH3 is 3. The van der Waals surface area contributed by atoms with Crippen molar-refractivity contribution in [1.82, 2.24) is 10.6 Å². The molecule has 1 heterocycles. The molecule has 2 aromatic rings. The van der Waals surface area contributed by atoms with E-state index in [1.165, 1.54) is 34.3 Å². The minimum atomic E-state index is -3.13. The fourth-order valence-electron chi connectivity index (χ4n) is 5.22. The minimum absolute atomic E-state index is 0.0488. The van der Waals surface area contributed by atoms with Gasteiger partial charge < -0.3 is 30.2 Å². The predicted molar refractivity (Wildman–Crippen MR) is 146 cm³/mol. The van der Waals surface area contributed by atoms with Crippen LogP contribution in [0.2, 0.25) is 0 Å². The molecule has 2 aliphatic rings. The molecule has 3 N–H and O–H groups in total. The number of aryl methyl sites for hydroxylation is 1. The molecule has 39 heavy (non-hydrogen) atoms. The molecule has 0 spiro atoms. The topological polar surface area (TPSA) is 149 Å². The molecule has 1 aliphatic heterocycles. The van der Waals surface area contributed by atoms with Crippen LogP contribution in [0, 0.1) is 0 Å². The van der Waals surface area contributed by atoms with Crippen molar-refractivity contribution in [2.24, 2.45) is 0 Å². The maximum atomic E-state index is 13.3. The molecule has 12 heteroatoms. The van der Waals surface area contributed by atoms with Crippen LogP contribution in [-0.4, -0.2) is 65.7 Å². The maximum Gasteiger partial charge on any atom is 0.239 e. The average Bonchev–Trinajstić information content (AvgIpc) is 3.05. The Morgan fingerprint density at radius 3 is 2.36 bits per heavy atom. The highest BCUT2D eigenvalue weighted by Crippen LogP contribution is 2.50. The van der Waals surface area contributed by atoms with E-state index in [0.717, 1.165) is 11.1 Å². The number of ether oxygens (including phenoxy) is 3. The second kappa shape index (κ2) is 11.5. The summed E-state index contributed by atoms with van der Waals surface area (Å²) in [6.45, 7) is 1.22. The number of sulfone groups is 1. The molecule has 0 unspecified atom stereocenters. The molecule has 1 aliphatic carbocycles. The first-order valence-corrected chi connectivity index (χ1v) is 14.4. The van der Waals surface area contributed by atoms with Gasteiger partial charge in [-0.25, -0.2) is 8.42 Å². The zero-order valence-corrected chi connectivity index (χ0v) is 23.2. The Morgan fingerprint density at radius 2 is 1.74 bits per heavy atom. The first kappa shape index (κ1) is 28.2. The third-order valence-electron chi connectivity index (χ3n) is 6.95. The third kappa shape index (κ3) is 6.11. The summed E-state index contributed by atoms with van der Waals surface area (Å²) in [5, 5.41) is 8.53. The summed E-state index contributed by atoms with van der Waals surface area (Å²) in [5.74, 6) is 0.662. The molecule has 0 bridgehead atoms. The normalized spacial score (nSPS) is 19.1. The predicted octanol–water partition coefficient (Wildman–Crippen LogP) is 1.58. The lowest BCUT2D eigenvalue weighted by atomic mass is 9.95. The van der Waals surface area contributed by atoms with Crippen LogP contribution in [0.5, 0.6) is 17.2 Å². The fourth-order valence-corrected chi connectivity index (χ4v) is 6.89. The van der Waals surface area contributed by atoms with Crippen LogP contribution in [0.1, 0.15) is 36.9 Å². The lowest BCUT2D eigenvalue weighted by Crippen LogP contribution is -2.39. The monoisotopic (exact) mass is 559 g/mol. The van der Waals surface area contributed by atoms with E-state index in [1.807, 2.05) is 6.07 Å². The molecule has 1 fully saturated rings. The molecule has 4 rings (SSSR count). The van der Waals surface area contributed by atoms with Crippen molar-refractivity contribution in [1.29, 1.82) is 0 Å². The van der Waals surface area contributed by atoms with Crippen molar-refractivity contribution >= 4 is 27.3 Å². The van der Waals surface area contributed by atoms with Crippen LogP contribution < -0.4 is 35.6 Å². The average molecular weight is 560 g/mol. The number of hydrogen-bond donors (Lipinski definition) is 3. The summed E-state index contributed by atoms with van der Waals surface area (Å²) in [7, 11) is 1.44. The second-order valence-electron chi connectivity index (χ2n) is 9.62. The van der Waals surface area contributed by atoms with Crippen LogP contribution in [0.15, 0.2) is 29.1 Å². The third-order valence-corrected chi connectivity index (χ3v) is 8.72. The van der Waals surface area contributed by atoms with Gasteiger partial charge in [-0.3, -0.25) is 14.4 Å². The van der Waals surface area contributed by atoms with Gasteiger partial charge in [-0.15, -0.1) is 0 Å². The van der Waals surface area contributed by atoms with E-state index in [2.05, 4.69) is 16.0 Å². The Morgan fingerprint density at radius 1 is 1.00 bits per heavy atom. The first-order chi connectivity index (χ1) is 18.6. The van der Waals surface area contributed by atoms with Gasteiger partial charge in [0, 0.05) is 18.5 Å². The van der Waals surface area contributed by atoms with E-state index >= 15 is 0 Å². The van der Waals surface area contributed by atoms with Gasteiger partial charge >= 0.3 is 0 Å². The number of fused-ring (bicyclic) bond motifs is 3. The van der Waals surface area contributed by atoms with Gasteiger partial charge in [-0.2, -0.15) is 0 Å². The summed E-state index contributed by atoms with van der Waals surface area (Å²) in [6, 6.07) is 5.79. The fraction of sp³-hybridized carbons (Fsp3) is 0.444. The summed E-state index contributed by atoms with van der Waals surface area (Å²) in [5.41, 5.74) is 2.71. The first-order valence-electron chi connectivity index (χ1n) is 12.6. The molecule has 0 saturated carbocycles. The molecule has 2 amide bonds. The van der Waals surface area contributed by atoms with Crippen molar-refractivity contribution in [2.75, 3.05) is 44.7 Å². The molecule has 2 atom stereocenters. The Kier molecular flexibility index (Phi) is 8.34. The van der Waals surface area contributed by atoms with Crippen LogP contribution in [0.25, 0.3) is 11.1 Å². The second-order valence-corrected chi connectivity index (χ2v) is 11.8. The standard InChI is InChI=1S/C27H33N3O8S/c1-15(31)29-20-7-5-16-11-23(36-2)26(37-3)27(38-4)25(16)18-6-8-21(22(32)12-19(18)20)28-13-24(33)30-17-9-10-39(34,35)14-17/h6,8,11-12,17,20H,5,7,9-10,13-14H2,1-4H3,(H,28,32)(H,29,31)(H,30,33)/t17-,20+/m1/s1. The molecule has 2 aromatic carbocycles. The van der Waals surface area contributed by atoms with Gasteiger partial charge in [0.25, 0.3) is 0 Å². The van der Waals surface area contributed by atoms with Gasteiger partial charge in [0.2, 0.25) is 23.0 Å². The van der Waals surface area contributed by atoms with Gasteiger partial charge in [-0.05, 0) is 54.2 Å². The molecule has 0 aromatic heterocycles. The molecular weight excluding hydrogens is 526 g/mol. The molecular formula is C27H33N3O8S. The smallest absolute Gasteiger partial charge is 0.239 e. The lowest BCUT2D eigenvalue weighted by Gasteiger charge is -2.19. The van der Waals surface area contributed by atoms with Crippen LogP contribution >= 0.6 is 0 Å². The van der Waals surface area contributed by atoms with Crippen molar-refractivity contribution in [3.05, 3.63) is 45.6 Å². The summed E-state index contributed by atoms with van der Waals surface area (Å²) in [6.07, 6.45) is 1.47. The van der Waals surface area contributed by atoms with E-state index < -0.39 is 27.8 Å². The molecule has 210 valence electrons. The van der Waals surface area contributed by atoms with Gasteiger partial charge in [0.05, 0.1) is 51.1 Å². The number of carbonyl (C=O) groups excluding carboxylic acids is 2. The molecule has 1 saturated heterocycles. The van der Waals surface area contributed by atoms with Crippen LogP contribution in [-0.2, 0) is 25.8 Å². The summed E-state index contributed by atoms with van der Waals surface area (Å²) >= 11 is 0. The zero-order chi connectivity index (χ0) is 28.3. The van der Waals surface area contributed by atoms with Crippen molar-refractivity contribution in [3.8, 4) is 28.4 Å². The van der Waals surface area contributed by atoms with Gasteiger partial charge in [0.1, 0.15) is 0 Å². The highest BCUT2D eigenvalue weighted by molar-refractivity contribution is 7.91. The van der Waals surface area contributed by atoms with Crippen molar-refractivity contribution < 1.29 is 32.2 Å². The SMILES string of the molecule is COc1cc2c(c(OC)c1OC)-c1ccc(NCC(=O)N[C@@H]3CCS(=O)(=O)C3)c(=O)cc1[C@@H](NC(C)=O)CC2. The highest BCUT2D eigenvalue weighted by Gasteiger charge is 2.30. The zero-order valence-electron chi connectivity index (χ0n) is 22.4. The highest BCUT2D eigenvalue weighted by atomic mass is 32.2. The van der Waals surface area contributed by atoms with E-state index in [4.69, 9.17) is 14.2 Å². The van der Waals surface area contributed by atoms with Crippen LogP contribution in [0.3, 0.4) is 0 Å². The molecule has 0 radical (unpaired) electrons. The number of anilines is 1. The van der Waals surface area contributed by atoms with Gasteiger partial charge in [-0.1, -0.05) is 6.07 Å². The largest absolute Gasteiger partial charge is 0.493 e. The van der Waals surface area contributed by atoms with Crippen molar-refractivity contribution in [3.63, 3.8) is 0 Å².